The lowest BCUT2D eigenvalue weighted by atomic mass is 10.1. The molecule has 0 atom stereocenters. The van der Waals surface area contributed by atoms with Crippen molar-refractivity contribution in [3.8, 4) is 0 Å². The van der Waals surface area contributed by atoms with Crippen LogP contribution in [0.4, 0.5) is 11.4 Å². The van der Waals surface area contributed by atoms with Crippen molar-refractivity contribution in [3.63, 3.8) is 0 Å². The first-order valence-electron chi connectivity index (χ1n) is 6.66. The van der Waals surface area contributed by atoms with Gasteiger partial charge in [-0.25, -0.2) is 0 Å². The topological polar surface area (TPSA) is 12.0 Å². The predicted octanol–water partition coefficient (Wildman–Crippen LogP) is 4.10. The summed E-state index contributed by atoms with van der Waals surface area (Å²) in [6.45, 7) is 4.46. The second-order valence-electron chi connectivity index (χ2n) is 5.84. The number of quaternary nitrogens is 1. The molecule has 0 aliphatic rings. The third kappa shape index (κ3) is 2.79. The van der Waals surface area contributed by atoms with E-state index < -0.39 is 0 Å². The molecular weight excluding hydrogens is 232 g/mol. The van der Waals surface area contributed by atoms with Gasteiger partial charge >= 0.3 is 0 Å². The van der Waals surface area contributed by atoms with E-state index in [1.54, 1.807) is 0 Å². The molecule has 19 heavy (non-hydrogen) atoms. The highest BCUT2D eigenvalue weighted by atomic mass is 15.4. The molecule has 0 aromatic heterocycles. The highest BCUT2D eigenvalue weighted by molar-refractivity contribution is 5.50. The molecule has 0 amide bonds. The molecule has 2 heteroatoms. The van der Waals surface area contributed by atoms with Gasteiger partial charge in [-0.1, -0.05) is 36.4 Å². The molecule has 0 heterocycles. The Morgan fingerprint density at radius 1 is 0.789 bits per heavy atom. The molecule has 0 aliphatic carbocycles. The zero-order valence-corrected chi connectivity index (χ0v) is 12.2. The van der Waals surface area contributed by atoms with E-state index in [1.807, 2.05) is 6.07 Å². The third-order valence-corrected chi connectivity index (χ3v) is 4.02. The Morgan fingerprint density at radius 2 is 1.26 bits per heavy atom. The number of rotatable bonds is 4. The minimum atomic E-state index is -0.108. The molecule has 0 fully saturated rings. The van der Waals surface area contributed by atoms with E-state index in [9.17, 15) is 0 Å². The Bertz CT molecular complexity index is 515. The number of hydrogen-bond donors (Lipinski definition) is 1. The quantitative estimate of drug-likeness (QED) is 0.640. The molecule has 2 aromatic carbocycles. The van der Waals surface area contributed by atoms with Crippen LogP contribution in [0.2, 0.25) is 0 Å². The molecular formula is C17H23N2+. The van der Waals surface area contributed by atoms with E-state index in [0.717, 1.165) is 10.2 Å². The van der Waals surface area contributed by atoms with Gasteiger partial charge in [0.25, 0.3) is 0 Å². The molecule has 0 saturated heterocycles. The summed E-state index contributed by atoms with van der Waals surface area (Å²) >= 11 is 0. The normalized spacial score (nSPS) is 12.2. The van der Waals surface area contributed by atoms with Crippen LogP contribution in [0.5, 0.6) is 0 Å². The first-order valence-corrected chi connectivity index (χ1v) is 6.66. The lowest BCUT2D eigenvalue weighted by molar-refractivity contribution is 0.229. The maximum absolute atomic E-state index is 3.63. The van der Waals surface area contributed by atoms with E-state index in [1.165, 1.54) is 5.69 Å². The maximum Gasteiger partial charge on any atom is 0.170 e. The fourth-order valence-electron chi connectivity index (χ4n) is 2.14. The Kier molecular flexibility index (Phi) is 3.63. The third-order valence-electron chi connectivity index (χ3n) is 4.02. The number of para-hydroxylation sites is 2. The van der Waals surface area contributed by atoms with Crippen molar-refractivity contribution in [1.82, 2.24) is 4.48 Å². The molecule has 2 aromatic rings. The fraction of sp³-hybridized carbons (Fsp3) is 0.294. The highest BCUT2D eigenvalue weighted by Crippen LogP contribution is 2.29. The van der Waals surface area contributed by atoms with Gasteiger partial charge in [-0.05, 0) is 24.3 Å². The van der Waals surface area contributed by atoms with Crippen molar-refractivity contribution in [3.05, 3.63) is 60.7 Å². The monoisotopic (exact) mass is 255 g/mol. The smallest absolute Gasteiger partial charge is 0.170 e. The zero-order chi connectivity index (χ0) is 13.9. The minimum absolute atomic E-state index is 0.108. The van der Waals surface area contributed by atoms with E-state index in [2.05, 4.69) is 87.9 Å². The summed E-state index contributed by atoms with van der Waals surface area (Å²) in [5.41, 5.74) is 2.33. The molecule has 0 radical (unpaired) electrons. The van der Waals surface area contributed by atoms with Crippen molar-refractivity contribution >= 4 is 11.4 Å². The number of anilines is 1. The van der Waals surface area contributed by atoms with Crippen molar-refractivity contribution in [2.75, 3.05) is 19.4 Å². The first kappa shape index (κ1) is 13.6. The van der Waals surface area contributed by atoms with Gasteiger partial charge in [0.15, 0.2) is 5.66 Å². The van der Waals surface area contributed by atoms with Crippen molar-refractivity contribution in [2.45, 2.75) is 19.5 Å². The first-order chi connectivity index (χ1) is 8.93. The average Bonchev–Trinajstić information content (AvgIpc) is 2.40. The van der Waals surface area contributed by atoms with Crippen LogP contribution in [0.15, 0.2) is 60.7 Å². The Balaban J connectivity index is 2.28. The van der Waals surface area contributed by atoms with Crippen LogP contribution in [0.25, 0.3) is 0 Å². The van der Waals surface area contributed by atoms with E-state index in [0.29, 0.717) is 0 Å². The van der Waals surface area contributed by atoms with Crippen LogP contribution < -0.4 is 9.80 Å². The number of hydrogen-bond acceptors (Lipinski definition) is 1. The number of nitrogens with one attached hydrogen (secondary N) is 1. The van der Waals surface area contributed by atoms with Gasteiger partial charge in [-0.3, -0.25) is 4.48 Å². The number of nitrogens with zero attached hydrogens (tertiary/aromatic N) is 1. The molecule has 0 spiro atoms. The van der Waals surface area contributed by atoms with Crippen LogP contribution in [0.1, 0.15) is 13.8 Å². The summed E-state index contributed by atoms with van der Waals surface area (Å²) in [7, 11) is 4.45. The van der Waals surface area contributed by atoms with Crippen molar-refractivity contribution in [2.24, 2.45) is 0 Å². The van der Waals surface area contributed by atoms with Gasteiger partial charge in [-0.15, -0.1) is 0 Å². The summed E-state index contributed by atoms with van der Waals surface area (Å²) < 4.78 is 0.767. The highest BCUT2D eigenvalue weighted by Gasteiger charge is 2.38. The second kappa shape index (κ2) is 5.06. The van der Waals surface area contributed by atoms with Gasteiger partial charge in [-0.2, -0.15) is 0 Å². The number of benzene rings is 2. The van der Waals surface area contributed by atoms with E-state index in [4.69, 9.17) is 0 Å². The van der Waals surface area contributed by atoms with Crippen LogP contribution in [0.3, 0.4) is 0 Å². The Labute approximate surface area is 116 Å². The largest absolute Gasteiger partial charge is 0.334 e. The van der Waals surface area contributed by atoms with Gasteiger partial charge in [0.2, 0.25) is 0 Å². The van der Waals surface area contributed by atoms with Crippen LogP contribution in [-0.4, -0.2) is 19.8 Å². The molecule has 2 rings (SSSR count). The van der Waals surface area contributed by atoms with E-state index in [-0.39, 0.29) is 5.66 Å². The predicted molar refractivity (Wildman–Crippen MR) is 84.2 cm³/mol. The van der Waals surface area contributed by atoms with Crippen molar-refractivity contribution in [1.29, 1.82) is 0 Å². The van der Waals surface area contributed by atoms with Crippen LogP contribution >= 0.6 is 0 Å². The van der Waals surface area contributed by atoms with Gasteiger partial charge in [0.05, 0.1) is 14.1 Å². The van der Waals surface area contributed by atoms with E-state index >= 15 is 0 Å². The van der Waals surface area contributed by atoms with Gasteiger partial charge < -0.3 is 5.32 Å². The van der Waals surface area contributed by atoms with Crippen LogP contribution in [0, 0.1) is 0 Å². The second-order valence-corrected chi connectivity index (χ2v) is 5.84. The molecule has 0 bridgehead atoms. The molecule has 1 N–H and O–H groups in total. The molecule has 0 aliphatic heterocycles. The zero-order valence-electron chi connectivity index (χ0n) is 12.2. The molecule has 2 nitrogen and oxygen atoms in total. The van der Waals surface area contributed by atoms with Crippen LogP contribution in [-0.2, 0) is 0 Å². The molecule has 0 saturated carbocycles. The summed E-state index contributed by atoms with van der Waals surface area (Å²) in [5.74, 6) is 0. The Morgan fingerprint density at radius 3 is 1.79 bits per heavy atom. The molecule has 0 unspecified atom stereocenters. The fourth-order valence-corrected chi connectivity index (χ4v) is 2.14. The van der Waals surface area contributed by atoms with Crippen molar-refractivity contribution < 1.29 is 0 Å². The average molecular weight is 255 g/mol. The standard InChI is InChI=1S/C17H23N2/c1-17(2,18-15-11-7-5-8-12-15)19(3,4)16-13-9-6-10-14-16/h5-14,18H,1-4H3/q+1. The SMILES string of the molecule is CC(C)(Nc1ccccc1)[N+](C)(C)c1ccccc1. The molecule has 100 valence electrons. The summed E-state index contributed by atoms with van der Waals surface area (Å²) in [4.78, 5) is 0. The minimum Gasteiger partial charge on any atom is -0.334 e. The van der Waals surface area contributed by atoms with Gasteiger partial charge in [0, 0.05) is 19.5 Å². The summed E-state index contributed by atoms with van der Waals surface area (Å²) in [5, 5.41) is 3.63. The lowest BCUT2D eigenvalue weighted by Gasteiger charge is -2.44. The summed E-state index contributed by atoms with van der Waals surface area (Å²) in [6.07, 6.45) is 0. The Hall–Kier alpha value is -1.80. The lowest BCUT2D eigenvalue weighted by Crippen LogP contribution is -2.61. The maximum atomic E-state index is 3.63. The van der Waals surface area contributed by atoms with Gasteiger partial charge in [0.1, 0.15) is 5.69 Å². The summed E-state index contributed by atoms with van der Waals surface area (Å²) in [6, 6.07) is 20.9.